The van der Waals surface area contributed by atoms with E-state index in [0.717, 1.165) is 76.9 Å². The van der Waals surface area contributed by atoms with Gasteiger partial charge in [0.1, 0.15) is 5.75 Å². The minimum atomic E-state index is -0.136. The molecule has 1 N–H and O–H groups in total. The predicted octanol–water partition coefficient (Wildman–Crippen LogP) is 3.70. The average Bonchev–Trinajstić information content (AvgIpc) is 2.98. The number of aromatic nitrogens is 2. The van der Waals surface area contributed by atoms with Crippen LogP contribution in [0.25, 0.3) is 0 Å². The monoisotopic (exact) mass is 535 g/mol. The van der Waals surface area contributed by atoms with Gasteiger partial charge >= 0.3 is 0 Å². The lowest BCUT2D eigenvalue weighted by atomic mass is 9.75. The Morgan fingerprint density at radius 1 is 1.00 bits per heavy atom. The minimum absolute atomic E-state index is 0.00740. The number of rotatable bonds is 3. The summed E-state index contributed by atoms with van der Waals surface area (Å²) in [6.45, 7) is 5.61. The van der Waals surface area contributed by atoms with Crippen LogP contribution in [0.15, 0.2) is 42.6 Å². The number of fused-ring (bicyclic) bond motifs is 1. The number of carbonyl (C=O) groups excluding carboxylic acids is 2. The number of benzene rings is 1. The molecular weight excluding hydrogens is 494 g/mol. The average molecular weight is 536 g/mol. The van der Waals surface area contributed by atoms with Gasteiger partial charge in [0.2, 0.25) is 5.91 Å². The lowest BCUT2D eigenvalue weighted by Crippen LogP contribution is -2.46. The van der Waals surface area contributed by atoms with Crippen LogP contribution in [0.1, 0.15) is 61.7 Å². The fourth-order valence-corrected chi connectivity index (χ4v) is 6.05. The minimum Gasteiger partial charge on any atom is -0.492 e. The molecule has 39 heavy (non-hydrogen) atoms. The second-order valence-corrected chi connectivity index (χ2v) is 11.2. The van der Waals surface area contributed by atoms with Gasteiger partial charge in [0.15, 0.2) is 5.82 Å². The van der Waals surface area contributed by atoms with Gasteiger partial charge in [0, 0.05) is 57.4 Å². The summed E-state index contributed by atoms with van der Waals surface area (Å²) < 4.78 is 12.1. The highest BCUT2D eigenvalue weighted by Crippen LogP contribution is 2.38. The second-order valence-electron chi connectivity index (χ2n) is 11.2. The number of likely N-dealkylation sites (tertiary alicyclic amines) is 1. The van der Waals surface area contributed by atoms with Crippen LogP contribution in [0, 0.1) is 11.3 Å². The Morgan fingerprint density at radius 3 is 2.62 bits per heavy atom. The fraction of sp³-hybridized carbons (Fsp3) is 0.600. The first-order valence-corrected chi connectivity index (χ1v) is 14.5. The Bertz CT molecular complexity index is 1080. The lowest BCUT2D eigenvalue weighted by molar-refractivity contribution is -0.135. The Hall–Kier alpha value is -3.20. The Kier molecular flexibility index (Phi) is 9.29. The molecule has 1 aromatic carbocycles. The van der Waals surface area contributed by atoms with Crippen molar-refractivity contribution in [2.75, 3.05) is 57.4 Å². The number of hydrogen-bond donors (Lipinski definition) is 1. The van der Waals surface area contributed by atoms with Crippen molar-refractivity contribution in [1.82, 2.24) is 20.4 Å². The zero-order chi connectivity index (χ0) is 26.9. The molecule has 2 fully saturated rings. The van der Waals surface area contributed by atoms with Crippen molar-refractivity contribution in [3.05, 3.63) is 48.2 Å². The van der Waals surface area contributed by atoms with Crippen molar-refractivity contribution in [2.45, 2.75) is 51.4 Å². The number of anilines is 1. The van der Waals surface area contributed by atoms with E-state index in [0.29, 0.717) is 50.0 Å². The molecule has 2 aromatic rings. The first kappa shape index (κ1) is 27.4. The Balaban J connectivity index is 1.15. The van der Waals surface area contributed by atoms with E-state index in [4.69, 9.17) is 9.47 Å². The molecule has 5 rings (SSSR count). The van der Waals surface area contributed by atoms with Gasteiger partial charge in [-0.1, -0.05) is 18.6 Å². The smallest absolute Gasteiger partial charge is 0.255 e. The van der Waals surface area contributed by atoms with Crippen LogP contribution in [-0.4, -0.2) is 79.5 Å². The third-order valence-electron chi connectivity index (χ3n) is 8.58. The molecule has 9 nitrogen and oxygen atoms in total. The fourth-order valence-electron chi connectivity index (χ4n) is 6.05. The summed E-state index contributed by atoms with van der Waals surface area (Å²) in [5.41, 5.74) is 0.551. The third kappa shape index (κ3) is 7.26. The quantitative estimate of drug-likeness (QED) is 0.640. The number of hydrogen-bond acceptors (Lipinski definition) is 7. The molecular formula is C30H41N5O4. The topological polar surface area (TPSA) is 96.9 Å². The van der Waals surface area contributed by atoms with Crippen LogP contribution in [0.5, 0.6) is 5.75 Å². The molecule has 0 unspecified atom stereocenters. The molecule has 1 spiro atoms. The summed E-state index contributed by atoms with van der Waals surface area (Å²) >= 11 is 0. The van der Waals surface area contributed by atoms with E-state index < -0.39 is 0 Å². The number of amides is 2. The molecule has 1 aromatic heterocycles. The van der Waals surface area contributed by atoms with Crippen LogP contribution < -0.4 is 15.0 Å². The van der Waals surface area contributed by atoms with Crippen LogP contribution in [0.4, 0.5) is 5.82 Å². The van der Waals surface area contributed by atoms with Gasteiger partial charge in [0.05, 0.1) is 18.8 Å². The molecule has 0 radical (unpaired) electrons. The highest BCUT2D eigenvalue weighted by Gasteiger charge is 2.37. The van der Waals surface area contributed by atoms with Crippen LogP contribution in [-0.2, 0) is 9.53 Å². The number of ether oxygens (including phenoxy) is 2. The van der Waals surface area contributed by atoms with Gasteiger partial charge in [-0.05, 0) is 68.7 Å². The zero-order valence-electron chi connectivity index (χ0n) is 22.9. The molecule has 210 valence electrons. The Morgan fingerprint density at radius 2 is 1.82 bits per heavy atom. The summed E-state index contributed by atoms with van der Waals surface area (Å²) in [7, 11) is 0. The number of nitrogens with zero attached hydrogens (tertiary/aromatic N) is 4. The summed E-state index contributed by atoms with van der Waals surface area (Å²) in [5, 5.41) is 11.1. The van der Waals surface area contributed by atoms with E-state index in [1.165, 1.54) is 0 Å². The maximum absolute atomic E-state index is 13.3. The molecule has 0 bridgehead atoms. The number of nitrogens with one attached hydrogen (secondary N) is 1. The van der Waals surface area contributed by atoms with E-state index in [-0.39, 0.29) is 17.2 Å². The predicted molar refractivity (Wildman–Crippen MR) is 149 cm³/mol. The van der Waals surface area contributed by atoms with Gasteiger partial charge in [0.25, 0.3) is 5.91 Å². The molecule has 3 aliphatic heterocycles. The third-order valence-corrected chi connectivity index (χ3v) is 8.58. The maximum atomic E-state index is 13.3. The van der Waals surface area contributed by atoms with E-state index in [1.54, 1.807) is 6.20 Å². The Labute approximate surface area is 231 Å². The SMILES string of the molecule is O=C1NCCOCCCCC2(CCN(C(=O)CC3CCN(c4cccnn4)CC3)CC2)COc2ccccc21. The largest absolute Gasteiger partial charge is 0.492 e. The van der Waals surface area contributed by atoms with Crippen LogP contribution in [0.3, 0.4) is 0 Å². The van der Waals surface area contributed by atoms with Crippen molar-refractivity contribution < 1.29 is 19.1 Å². The molecule has 2 saturated heterocycles. The van der Waals surface area contributed by atoms with Crippen molar-refractivity contribution in [1.29, 1.82) is 0 Å². The molecule has 3 aliphatic rings. The summed E-state index contributed by atoms with van der Waals surface area (Å²) in [6.07, 6.45) is 9.24. The normalized spacial score (nSPS) is 21.4. The van der Waals surface area contributed by atoms with Gasteiger partial charge in [-0.2, -0.15) is 5.10 Å². The van der Waals surface area contributed by atoms with Gasteiger partial charge < -0.3 is 24.6 Å². The molecule has 0 atom stereocenters. The molecule has 0 aliphatic carbocycles. The van der Waals surface area contributed by atoms with Crippen molar-refractivity contribution in [3.8, 4) is 5.75 Å². The molecule has 2 amide bonds. The van der Waals surface area contributed by atoms with Crippen molar-refractivity contribution in [2.24, 2.45) is 11.3 Å². The first-order valence-electron chi connectivity index (χ1n) is 14.5. The van der Waals surface area contributed by atoms with Crippen molar-refractivity contribution in [3.63, 3.8) is 0 Å². The lowest BCUT2D eigenvalue weighted by Gasteiger charge is -2.42. The van der Waals surface area contributed by atoms with Crippen LogP contribution >= 0.6 is 0 Å². The van der Waals surface area contributed by atoms with Crippen molar-refractivity contribution >= 4 is 17.6 Å². The maximum Gasteiger partial charge on any atom is 0.255 e. The molecule has 0 saturated carbocycles. The summed E-state index contributed by atoms with van der Waals surface area (Å²) in [6, 6.07) is 11.4. The van der Waals surface area contributed by atoms with Gasteiger partial charge in [-0.15, -0.1) is 5.10 Å². The van der Waals surface area contributed by atoms with Gasteiger partial charge in [-0.3, -0.25) is 9.59 Å². The highest BCUT2D eigenvalue weighted by molar-refractivity contribution is 5.96. The number of carbonyl (C=O) groups is 2. The standard InChI is InChI=1S/C30H41N5O4/c36-28(22-24-9-16-34(17-10-24)27-8-5-14-32-33-27)35-18-12-30(13-19-35)11-3-4-20-38-21-15-31-29(37)25-6-1-2-7-26(25)39-23-30/h1-2,5-8,14,24H,3-4,9-13,15-23H2,(H,31,37). The summed E-state index contributed by atoms with van der Waals surface area (Å²) in [4.78, 5) is 30.3. The van der Waals surface area contributed by atoms with E-state index in [1.807, 2.05) is 36.4 Å². The van der Waals surface area contributed by atoms with E-state index in [2.05, 4.69) is 25.3 Å². The van der Waals surface area contributed by atoms with Crippen LogP contribution in [0.2, 0.25) is 0 Å². The highest BCUT2D eigenvalue weighted by atomic mass is 16.5. The first-order chi connectivity index (χ1) is 19.1. The van der Waals surface area contributed by atoms with E-state index in [9.17, 15) is 9.59 Å². The second kappa shape index (κ2) is 13.2. The summed E-state index contributed by atoms with van der Waals surface area (Å²) in [5.74, 6) is 2.10. The zero-order valence-corrected chi connectivity index (χ0v) is 22.9. The number of piperidine rings is 2. The molecule has 4 heterocycles. The molecule has 9 heteroatoms. The number of para-hydroxylation sites is 1. The van der Waals surface area contributed by atoms with Gasteiger partial charge in [-0.25, -0.2) is 0 Å². The van der Waals surface area contributed by atoms with E-state index >= 15 is 0 Å².